The van der Waals surface area contributed by atoms with Gasteiger partial charge < -0.3 is 19.3 Å². The number of anilines is 2. The van der Waals surface area contributed by atoms with Gasteiger partial charge in [0.15, 0.2) is 5.75 Å². The van der Waals surface area contributed by atoms with Crippen LogP contribution >= 0.6 is 0 Å². The van der Waals surface area contributed by atoms with Crippen molar-refractivity contribution in [3.63, 3.8) is 0 Å². The van der Waals surface area contributed by atoms with E-state index in [2.05, 4.69) is 16.6 Å². The Morgan fingerprint density at radius 1 is 1.26 bits per heavy atom. The van der Waals surface area contributed by atoms with Gasteiger partial charge in [-0.05, 0) is 44.6 Å². The van der Waals surface area contributed by atoms with Gasteiger partial charge in [0.25, 0.3) is 0 Å². The van der Waals surface area contributed by atoms with E-state index >= 15 is 0 Å². The number of likely N-dealkylation sites (N-methyl/N-ethyl adjacent to an activating group) is 1. The predicted octanol–water partition coefficient (Wildman–Crippen LogP) is 4.06. The van der Waals surface area contributed by atoms with Crippen LogP contribution in [0.15, 0.2) is 29.1 Å². The number of fused-ring (bicyclic) bond motifs is 1. The Bertz CT molecular complexity index is 1100. The van der Waals surface area contributed by atoms with Crippen LogP contribution in [-0.2, 0) is 19.6 Å². The summed E-state index contributed by atoms with van der Waals surface area (Å²) in [7, 11) is 1.43. The van der Waals surface area contributed by atoms with E-state index in [1.807, 2.05) is 20.2 Å². The molecule has 194 valence electrons. The first-order valence-corrected chi connectivity index (χ1v) is 13.8. The number of nitrogens with zero attached hydrogens (tertiary/aromatic N) is 3. The van der Waals surface area contributed by atoms with Crippen LogP contribution < -0.4 is 14.5 Å². The van der Waals surface area contributed by atoms with Gasteiger partial charge in [0.05, 0.1) is 18.0 Å². The molecule has 10 heteroatoms. The lowest BCUT2D eigenvalue weighted by atomic mass is 9.49. The fourth-order valence-electron chi connectivity index (χ4n) is 5.46. The third-order valence-corrected chi connectivity index (χ3v) is 9.55. The van der Waals surface area contributed by atoms with E-state index in [4.69, 9.17) is 4.74 Å². The summed E-state index contributed by atoms with van der Waals surface area (Å²) in [6.07, 6.45) is 6.64. The van der Waals surface area contributed by atoms with E-state index in [-0.39, 0.29) is 28.8 Å². The molecule has 3 aliphatic carbocycles. The number of carbonyl (C=O) groups excluding carboxylic acids is 1. The Morgan fingerprint density at radius 3 is 2.49 bits per heavy atom. The summed E-state index contributed by atoms with van der Waals surface area (Å²) in [5.41, 5.74) is 1.27. The first-order chi connectivity index (χ1) is 16.5. The molecule has 3 fully saturated rings. The van der Waals surface area contributed by atoms with Crippen LogP contribution in [0, 0.1) is 5.92 Å². The first-order valence-electron chi connectivity index (χ1n) is 12.3. The van der Waals surface area contributed by atoms with Gasteiger partial charge in [-0.15, -0.1) is 0 Å². The normalized spacial score (nSPS) is 27.3. The highest BCUT2D eigenvalue weighted by Gasteiger charge is 2.61. The lowest BCUT2D eigenvalue weighted by Crippen LogP contribution is -2.69. The maximum Gasteiger partial charge on any atom is 0.370 e. The molecule has 1 aliphatic heterocycles. The Labute approximate surface area is 207 Å². The fraction of sp³-hybridized carbons (Fsp3) is 0.640. The maximum absolute atomic E-state index is 14.2. The summed E-state index contributed by atoms with van der Waals surface area (Å²) < 4.78 is 53.5. The van der Waals surface area contributed by atoms with Crippen LogP contribution in [0.2, 0.25) is 0 Å². The first kappa shape index (κ1) is 25.8. The molecular formula is C25H36FN3O5S. The monoisotopic (exact) mass is 509 g/mol. The Kier molecular flexibility index (Phi) is 7.07. The minimum atomic E-state index is -3.84. The molecule has 0 amide bonds. The lowest BCUT2D eigenvalue weighted by Gasteiger charge is -2.67. The van der Waals surface area contributed by atoms with Gasteiger partial charge in [-0.1, -0.05) is 19.8 Å². The number of sulfonamides is 1. The Balaban J connectivity index is 1.81. The summed E-state index contributed by atoms with van der Waals surface area (Å²) in [6.45, 7) is 4.36. The van der Waals surface area contributed by atoms with Gasteiger partial charge in [-0.25, -0.2) is 13.2 Å². The zero-order valence-electron chi connectivity index (χ0n) is 21.2. The zero-order valence-corrected chi connectivity index (χ0v) is 22.0. The number of ether oxygens (including phenoxy) is 2. The van der Waals surface area contributed by atoms with Crippen molar-refractivity contribution in [3.8, 4) is 5.75 Å². The largest absolute Gasteiger partial charge is 0.461 e. The second-order valence-electron chi connectivity index (χ2n) is 10.1. The molecule has 0 aromatic heterocycles. The molecule has 0 saturated heterocycles. The van der Waals surface area contributed by atoms with Crippen LogP contribution in [0.4, 0.5) is 15.8 Å². The third kappa shape index (κ3) is 4.50. The quantitative estimate of drug-likeness (QED) is 0.282. The molecule has 1 atom stereocenters. The van der Waals surface area contributed by atoms with Crippen molar-refractivity contribution in [1.29, 1.82) is 0 Å². The van der Waals surface area contributed by atoms with E-state index in [1.54, 1.807) is 18.9 Å². The average Bonchev–Trinajstić information content (AvgIpc) is 2.82. The van der Waals surface area contributed by atoms with Gasteiger partial charge in [-0.3, -0.25) is 0 Å². The van der Waals surface area contributed by atoms with E-state index < -0.39 is 21.8 Å². The highest BCUT2D eigenvalue weighted by atomic mass is 32.2. The van der Waals surface area contributed by atoms with E-state index in [0.29, 0.717) is 24.2 Å². The molecule has 1 aromatic carbocycles. The van der Waals surface area contributed by atoms with Gasteiger partial charge in [0.1, 0.15) is 11.2 Å². The standard InChI is InChI=1S/C25H36FN3O5S/c1-6-8-9-18-15-29(25-12-17(13-25)14-25)21-10-20(27(3)4)22(11-23(21)35(31,32)28(18)5)34-16-19(26)24(30)33-7-2/h10-11,16-18H,6-9,12-15H2,1-5H3/b19-16-/t17?,18-,25?/m1/s1. The SMILES string of the molecule is CCCC[C@@H]1CN(C23CC(C2)C3)c2cc(N(C)C)c(O/C=C(\F)C(=O)OCC)cc2S(=O)(=O)N1C. The molecule has 1 heterocycles. The minimum absolute atomic E-state index is 0.00641. The highest BCUT2D eigenvalue weighted by Crippen LogP contribution is 2.62. The topological polar surface area (TPSA) is 79.4 Å². The molecule has 35 heavy (non-hydrogen) atoms. The summed E-state index contributed by atoms with van der Waals surface area (Å²) in [4.78, 5) is 15.9. The molecule has 3 saturated carbocycles. The van der Waals surface area contributed by atoms with Gasteiger partial charge in [-0.2, -0.15) is 8.70 Å². The van der Waals surface area contributed by atoms with Crippen LogP contribution in [0.1, 0.15) is 52.4 Å². The number of benzene rings is 1. The van der Waals surface area contributed by atoms with Crippen molar-refractivity contribution in [1.82, 2.24) is 4.31 Å². The molecule has 0 N–H and O–H groups in total. The van der Waals surface area contributed by atoms with Crippen molar-refractivity contribution in [2.75, 3.05) is 44.1 Å². The molecule has 8 nitrogen and oxygen atoms in total. The van der Waals surface area contributed by atoms with Crippen molar-refractivity contribution in [3.05, 3.63) is 24.2 Å². The molecule has 0 radical (unpaired) electrons. The van der Waals surface area contributed by atoms with Gasteiger partial charge in [0, 0.05) is 45.3 Å². The van der Waals surface area contributed by atoms with E-state index in [9.17, 15) is 17.6 Å². The van der Waals surface area contributed by atoms with Gasteiger partial charge in [0.2, 0.25) is 15.9 Å². The number of carbonyl (C=O) groups is 1. The van der Waals surface area contributed by atoms with Crippen molar-refractivity contribution >= 4 is 27.4 Å². The maximum atomic E-state index is 14.2. The van der Waals surface area contributed by atoms with Crippen molar-refractivity contribution in [2.24, 2.45) is 5.92 Å². The van der Waals surface area contributed by atoms with Crippen LogP contribution in [0.5, 0.6) is 5.75 Å². The molecule has 4 aliphatic rings. The Hall–Kier alpha value is -2.33. The predicted molar refractivity (Wildman–Crippen MR) is 133 cm³/mol. The van der Waals surface area contributed by atoms with E-state index in [0.717, 1.165) is 44.4 Å². The number of hydrogen-bond donors (Lipinski definition) is 0. The highest BCUT2D eigenvalue weighted by molar-refractivity contribution is 7.89. The third-order valence-electron chi connectivity index (χ3n) is 7.61. The number of hydrogen-bond acceptors (Lipinski definition) is 7. The van der Waals surface area contributed by atoms with Gasteiger partial charge >= 0.3 is 5.97 Å². The van der Waals surface area contributed by atoms with Crippen molar-refractivity contribution < 1.29 is 27.1 Å². The minimum Gasteiger partial charge on any atom is -0.461 e. The molecule has 0 unspecified atom stereocenters. The molecule has 0 spiro atoms. The summed E-state index contributed by atoms with van der Waals surface area (Å²) in [5, 5.41) is 0. The lowest BCUT2D eigenvalue weighted by molar-refractivity contribution is -0.140. The number of unbranched alkanes of at least 4 members (excludes halogenated alkanes) is 1. The van der Waals surface area contributed by atoms with Crippen LogP contribution in [0.3, 0.4) is 0 Å². The Morgan fingerprint density at radius 2 is 1.94 bits per heavy atom. The zero-order chi connectivity index (χ0) is 25.5. The summed E-state index contributed by atoms with van der Waals surface area (Å²) in [5.74, 6) is -1.44. The van der Waals surface area contributed by atoms with Crippen LogP contribution in [0.25, 0.3) is 0 Å². The molecular weight excluding hydrogens is 473 g/mol. The summed E-state index contributed by atoms with van der Waals surface area (Å²) in [6, 6.07) is 3.15. The molecule has 1 aromatic rings. The number of halogens is 1. The van der Waals surface area contributed by atoms with E-state index in [1.165, 1.54) is 10.4 Å². The number of rotatable bonds is 9. The molecule has 2 bridgehead atoms. The smallest absolute Gasteiger partial charge is 0.370 e. The average molecular weight is 510 g/mol. The second kappa shape index (κ2) is 9.61. The summed E-state index contributed by atoms with van der Waals surface area (Å²) >= 11 is 0. The van der Waals surface area contributed by atoms with Crippen LogP contribution in [-0.4, -0.2) is 64.6 Å². The molecule has 5 rings (SSSR count). The fourth-order valence-corrected chi connectivity index (χ4v) is 7.03. The second-order valence-corrected chi connectivity index (χ2v) is 12.1. The van der Waals surface area contributed by atoms with Crippen molar-refractivity contribution in [2.45, 2.75) is 68.8 Å². The number of esters is 1.